The van der Waals surface area contributed by atoms with Crippen molar-refractivity contribution in [2.24, 2.45) is 10.9 Å². The Labute approximate surface area is 149 Å². The Morgan fingerprint density at radius 3 is 2.28 bits per heavy atom. The number of carbonyl (C=O) groups is 1. The lowest BCUT2D eigenvalue weighted by Gasteiger charge is -2.06. The normalized spacial score (nSPS) is 12.0. The highest BCUT2D eigenvalue weighted by Gasteiger charge is 2.14. The maximum Gasteiger partial charge on any atom is 0.366 e. The lowest BCUT2D eigenvalue weighted by Crippen LogP contribution is -2.14. The van der Waals surface area contributed by atoms with Crippen LogP contribution in [-0.2, 0) is 9.63 Å². The number of rotatable bonds is 5. The molecule has 0 radical (unpaired) electrons. The van der Waals surface area contributed by atoms with Crippen LogP contribution in [0.3, 0.4) is 0 Å². The molecule has 0 aliphatic rings. The molecule has 0 aliphatic carbocycles. The predicted octanol–water partition coefficient (Wildman–Crippen LogP) is 4.15. The predicted molar refractivity (Wildman–Crippen MR) is 102 cm³/mol. The molecule has 25 heavy (non-hydrogen) atoms. The summed E-state index contributed by atoms with van der Waals surface area (Å²) in [5.41, 5.74) is 7.90. The summed E-state index contributed by atoms with van der Waals surface area (Å²) in [5, 5.41) is 5.65. The number of hydrogen-bond donors (Lipinski definition) is 1. The summed E-state index contributed by atoms with van der Waals surface area (Å²) in [7, 11) is 0. The van der Waals surface area contributed by atoms with Gasteiger partial charge in [0.15, 0.2) is 5.84 Å². The maximum absolute atomic E-state index is 12.6. The first-order valence-corrected chi connectivity index (χ1v) is 8.53. The van der Waals surface area contributed by atoms with E-state index in [4.69, 9.17) is 10.6 Å². The summed E-state index contributed by atoms with van der Waals surface area (Å²) in [6.07, 6.45) is 1.77. The molecule has 4 nitrogen and oxygen atoms in total. The van der Waals surface area contributed by atoms with E-state index in [2.05, 4.69) is 5.16 Å². The molecule has 0 fully saturated rings. The molecule has 0 atom stereocenters. The van der Waals surface area contributed by atoms with Crippen molar-refractivity contribution in [1.82, 2.24) is 0 Å². The molecule has 0 amide bonds. The third-order valence-corrected chi connectivity index (χ3v) is 4.31. The molecular weight excluding hydrogens is 332 g/mol. The van der Waals surface area contributed by atoms with E-state index < -0.39 is 5.97 Å². The molecule has 1 aromatic heterocycles. The molecule has 0 spiro atoms. The van der Waals surface area contributed by atoms with Crippen molar-refractivity contribution in [2.45, 2.75) is 0 Å². The van der Waals surface area contributed by atoms with Crippen molar-refractivity contribution in [3.63, 3.8) is 0 Å². The molecule has 3 aromatic rings. The van der Waals surface area contributed by atoms with Gasteiger partial charge < -0.3 is 10.6 Å². The minimum Gasteiger partial charge on any atom is -0.380 e. The van der Waals surface area contributed by atoms with Crippen molar-refractivity contribution < 1.29 is 9.63 Å². The fraction of sp³-hybridized carbons (Fsp3) is 0. The van der Waals surface area contributed by atoms with Gasteiger partial charge in [0.25, 0.3) is 0 Å². The Balaban J connectivity index is 1.88. The van der Waals surface area contributed by atoms with Crippen LogP contribution in [0.5, 0.6) is 0 Å². The van der Waals surface area contributed by atoms with Crippen molar-refractivity contribution in [2.75, 3.05) is 0 Å². The zero-order chi connectivity index (χ0) is 17.5. The second-order valence-corrected chi connectivity index (χ2v) is 6.11. The largest absolute Gasteiger partial charge is 0.380 e. The standard InChI is InChI=1S/C20H16N2O2S/c21-19(18-12-7-13-25-18)22-24-20(23)17(16-10-5-2-6-11-16)14-15-8-3-1-4-9-15/h1-14H,(H2,21,22)/b17-14-. The Hall–Kier alpha value is -3.18. The van der Waals surface area contributed by atoms with E-state index in [1.165, 1.54) is 11.3 Å². The van der Waals surface area contributed by atoms with Gasteiger partial charge in [-0.05, 0) is 28.6 Å². The van der Waals surface area contributed by atoms with Gasteiger partial charge in [0.1, 0.15) is 0 Å². The van der Waals surface area contributed by atoms with Crippen LogP contribution in [0.1, 0.15) is 16.0 Å². The summed E-state index contributed by atoms with van der Waals surface area (Å²) < 4.78 is 0. The Bertz CT molecular complexity index is 886. The lowest BCUT2D eigenvalue weighted by atomic mass is 10.0. The average molecular weight is 348 g/mol. The van der Waals surface area contributed by atoms with Crippen LogP contribution >= 0.6 is 11.3 Å². The molecule has 2 N–H and O–H groups in total. The molecule has 3 rings (SSSR count). The summed E-state index contributed by atoms with van der Waals surface area (Å²) in [4.78, 5) is 18.4. The number of benzene rings is 2. The van der Waals surface area contributed by atoms with Gasteiger partial charge in [0, 0.05) is 0 Å². The van der Waals surface area contributed by atoms with Gasteiger partial charge >= 0.3 is 5.97 Å². The van der Waals surface area contributed by atoms with Gasteiger partial charge in [0.2, 0.25) is 0 Å². The number of nitrogens with two attached hydrogens (primary N) is 1. The first kappa shape index (κ1) is 16.7. The Morgan fingerprint density at radius 1 is 0.960 bits per heavy atom. The zero-order valence-electron chi connectivity index (χ0n) is 13.3. The molecule has 5 heteroatoms. The molecule has 124 valence electrons. The second kappa shape index (κ2) is 8.08. The van der Waals surface area contributed by atoms with E-state index in [0.717, 1.165) is 16.0 Å². The number of thiophene rings is 1. The van der Waals surface area contributed by atoms with Gasteiger partial charge in [-0.15, -0.1) is 11.3 Å². The highest BCUT2D eigenvalue weighted by molar-refractivity contribution is 7.12. The van der Waals surface area contributed by atoms with Crippen molar-refractivity contribution >= 4 is 34.8 Å². The SMILES string of the molecule is N/C(=N\OC(=O)/C(=C\c1ccccc1)c1ccccc1)c1cccs1. The fourth-order valence-electron chi connectivity index (χ4n) is 2.20. The van der Waals surface area contributed by atoms with Crippen LogP contribution in [0.2, 0.25) is 0 Å². The van der Waals surface area contributed by atoms with Crippen LogP contribution < -0.4 is 5.73 Å². The summed E-state index contributed by atoms with van der Waals surface area (Å²) in [6.45, 7) is 0. The first-order chi connectivity index (χ1) is 12.2. The van der Waals surface area contributed by atoms with E-state index in [1.807, 2.05) is 78.2 Å². The van der Waals surface area contributed by atoms with Crippen LogP contribution in [0.4, 0.5) is 0 Å². The van der Waals surface area contributed by atoms with Gasteiger partial charge in [-0.2, -0.15) is 0 Å². The number of nitrogens with zero attached hydrogens (tertiary/aromatic N) is 1. The van der Waals surface area contributed by atoms with E-state index >= 15 is 0 Å². The molecular formula is C20H16N2O2S. The van der Waals surface area contributed by atoms with Gasteiger partial charge in [-0.1, -0.05) is 71.9 Å². The molecule has 1 heterocycles. The topological polar surface area (TPSA) is 64.7 Å². The minimum atomic E-state index is -0.561. The summed E-state index contributed by atoms with van der Waals surface area (Å²) in [6, 6.07) is 22.6. The van der Waals surface area contributed by atoms with Gasteiger partial charge in [-0.3, -0.25) is 0 Å². The third-order valence-electron chi connectivity index (χ3n) is 3.42. The van der Waals surface area contributed by atoms with Crippen LogP contribution in [0.25, 0.3) is 11.6 Å². The van der Waals surface area contributed by atoms with Crippen molar-refractivity contribution in [1.29, 1.82) is 0 Å². The van der Waals surface area contributed by atoms with Crippen molar-refractivity contribution in [3.05, 3.63) is 94.2 Å². The zero-order valence-corrected chi connectivity index (χ0v) is 14.1. The van der Waals surface area contributed by atoms with Gasteiger partial charge in [0.05, 0.1) is 10.5 Å². The number of hydrogen-bond acceptors (Lipinski definition) is 4. The number of amidine groups is 1. The molecule has 0 aliphatic heterocycles. The second-order valence-electron chi connectivity index (χ2n) is 5.17. The van der Waals surface area contributed by atoms with E-state index in [-0.39, 0.29) is 5.84 Å². The quantitative estimate of drug-likeness (QED) is 0.188. The third kappa shape index (κ3) is 4.43. The molecule has 0 bridgehead atoms. The highest BCUT2D eigenvalue weighted by Crippen LogP contribution is 2.20. The molecule has 0 saturated heterocycles. The lowest BCUT2D eigenvalue weighted by molar-refractivity contribution is -0.136. The Kier molecular flexibility index (Phi) is 5.39. The van der Waals surface area contributed by atoms with E-state index in [9.17, 15) is 4.79 Å². The number of oxime groups is 1. The van der Waals surface area contributed by atoms with Gasteiger partial charge in [-0.25, -0.2) is 4.79 Å². The summed E-state index contributed by atoms with van der Waals surface area (Å²) in [5.74, 6) is -0.384. The minimum absolute atomic E-state index is 0.176. The van der Waals surface area contributed by atoms with E-state index in [0.29, 0.717) is 5.57 Å². The smallest absolute Gasteiger partial charge is 0.366 e. The van der Waals surface area contributed by atoms with Crippen LogP contribution in [-0.4, -0.2) is 11.8 Å². The molecule has 0 saturated carbocycles. The first-order valence-electron chi connectivity index (χ1n) is 7.65. The Morgan fingerprint density at radius 2 is 1.64 bits per heavy atom. The molecule has 0 unspecified atom stereocenters. The molecule has 2 aromatic carbocycles. The monoisotopic (exact) mass is 348 g/mol. The van der Waals surface area contributed by atoms with E-state index in [1.54, 1.807) is 6.08 Å². The number of carbonyl (C=O) groups excluding carboxylic acids is 1. The maximum atomic E-state index is 12.6. The summed E-state index contributed by atoms with van der Waals surface area (Å²) >= 11 is 1.43. The van der Waals surface area contributed by atoms with Crippen molar-refractivity contribution in [3.8, 4) is 0 Å². The highest BCUT2D eigenvalue weighted by atomic mass is 32.1. The average Bonchev–Trinajstić information content (AvgIpc) is 3.20. The van der Waals surface area contributed by atoms with Crippen LogP contribution in [0, 0.1) is 0 Å². The fourth-order valence-corrected chi connectivity index (χ4v) is 2.82. The van der Waals surface area contributed by atoms with Crippen LogP contribution in [0.15, 0.2) is 83.3 Å².